The number of H-pyrrole nitrogens is 1. The second kappa shape index (κ2) is 4.48. The molecule has 6 nitrogen and oxygen atoms in total. The number of rotatable bonds is 4. The molecule has 0 spiro atoms. The van der Waals surface area contributed by atoms with Crippen LogP contribution in [0.1, 0.15) is 19.8 Å². The molecule has 0 radical (unpaired) electrons. The Hall–Kier alpha value is -1.30. The van der Waals surface area contributed by atoms with E-state index in [1.807, 2.05) is 0 Å². The normalized spacial score (nSPS) is 22.1. The number of anilines is 2. The molecule has 4 N–H and O–H groups in total. The smallest absolute Gasteiger partial charge is 0.243 e. The largest absolute Gasteiger partial charge is 0.368 e. The minimum Gasteiger partial charge on any atom is -0.368 e. The molecule has 2 heterocycles. The monoisotopic (exact) mass is 210 g/mol. The fourth-order valence-electron chi connectivity index (χ4n) is 2.11. The third kappa shape index (κ3) is 2.38. The molecule has 1 aromatic heterocycles. The number of nitrogens with zero attached hydrogens (tertiary/aromatic N) is 3. The van der Waals surface area contributed by atoms with E-state index in [2.05, 4.69) is 32.3 Å². The zero-order chi connectivity index (χ0) is 10.7. The van der Waals surface area contributed by atoms with Crippen molar-refractivity contribution in [3.05, 3.63) is 0 Å². The van der Waals surface area contributed by atoms with Gasteiger partial charge in [-0.3, -0.25) is 4.90 Å². The molecular formula is C9H18N6. The van der Waals surface area contributed by atoms with Crippen molar-refractivity contribution in [3.63, 3.8) is 0 Å². The summed E-state index contributed by atoms with van der Waals surface area (Å²) >= 11 is 0. The number of nitrogens with two attached hydrogens (primary N) is 1. The summed E-state index contributed by atoms with van der Waals surface area (Å²) in [4.78, 5) is 6.48. The highest BCUT2D eigenvalue weighted by Gasteiger charge is 2.22. The van der Waals surface area contributed by atoms with Gasteiger partial charge < -0.3 is 11.1 Å². The average molecular weight is 210 g/mol. The molecule has 0 amide bonds. The van der Waals surface area contributed by atoms with E-state index in [1.54, 1.807) is 0 Å². The number of nitrogens with one attached hydrogen (secondary N) is 2. The maximum atomic E-state index is 5.44. The molecule has 15 heavy (non-hydrogen) atoms. The highest BCUT2D eigenvalue weighted by Crippen LogP contribution is 2.16. The van der Waals surface area contributed by atoms with Crippen molar-refractivity contribution in [2.75, 3.05) is 30.7 Å². The molecule has 0 aliphatic carbocycles. The Labute approximate surface area is 89.2 Å². The van der Waals surface area contributed by atoms with Gasteiger partial charge >= 0.3 is 0 Å². The van der Waals surface area contributed by atoms with Gasteiger partial charge in [0.2, 0.25) is 11.9 Å². The summed E-state index contributed by atoms with van der Waals surface area (Å²) in [6.45, 7) is 5.41. The molecule has 0 bridgehead atoms. The predicted molar refractivity (Wildman–Crippen MR) is 59.6 cm³/mol. The Morgan fingerprint density at radius 1 is 1.67 bits per heavy atom. The number of likely N-dealkylation sites (tertiary alicyclic amines) is 1. The van der Waals surface area contributed by atoms with Gasteiger partial charge in [0.25, 0.3) is 0 Å². The second-order valence-corrected chi connectivity index (χ2v) is 3.85. The highest BCUT2D eigenvalue weighted by atomic mass is 15.3. The summed E-state index contributed by atoms with van der Waals surface area (Å²) in [5.74, 6) is 0.951. The van der Waals surface area contributed by atoms with Crippen LogP contribution in [0.4, 0.5) is 11.9 Å². The summed E-state index contributed by atoms with van der Waals surface area (Å²) in [7, 11) is 0. The van der Waals surface area contributed by atoms with Gasteiger partial charge in [0.1, 0.15) is 0 Å². The van der Waals surface area contributed by atoms with E-state index in [9.17, 15) is 0 Å². The van der Waals surface area contributed by atoms with Crippen LogP contribution in [-0.4, -0.2) is 45.8 Å². The van der Waals surface area contributed by atoms with Gasteiger partial charge in [0.05, 0.1) is 0 Å². The first-order chi connectivity index (χ1) is 7.29. The SMILES string of the molecule is CCN1CCCC1CNc1n[nH]c(N)n1. The first-order valence-corrected chi connectivity index (χ1v) is 5.45. The fourth-order valence-corrected chi connectivity index (χ4v) is 2.11. The Morgan fingerprint density at radius 2 is 2.53 bits per heavy atom. The maximum Gasteiger partial charge on any atom is 0.243 e. The van der Waals surface area contributed by atoms with Gasteiger partial charge in [-0.05, 0) is 25.9 Å². The Morgan fingerprint density at radius 3 is 3.20 bits per heavy atom. The highest BCUT2D eigenvalue weighted by molar-refractivity contribution is 5.29. The minimum absolute atomic E-state index is 0.358. The number of hydrogen-bond donors (Lipinski definition) is 3. The topological polar surface area (TPSA) is 82.9 Å². The van der Waals surface area contributed by atoms with E-state index >= 15 is 0 Å². The zero-order valence-corrected chi connectivity index (χ0v) is 9.03. The van der Waals surface area contributed by atoms with Crippen LogP contribution in [0.2, 0.25) is 0 Å². The second-order valence-electron chi connectivity index (χ2n) is 3.85. The van der Waals surface area contributed by atoms with E-state index in [0.717, 1.165) is 13.1 Å². The summed E-state index contributed by atoms with van der Waals surface area (Å²) in [6.07, 6.45) is 2.54. The van der Waals surface area contributed by atoms with E-state index in [0.29, 0.717) is 17.9 Å². The molecule has 1 unspecified atom stereocenters. The van der Waals surface area contributed by atoms with Gasteiger partial charge in [-0.1, -0.05) is 6.92 Å². The van der Waals surface area contributed by atoms with Crippen molar-refractivity contribution in [1.82, 2.24) is 20.1 Å². The van der Waals surface area contributed by atoms with Crippen LogP contribution >= 0.6 is 0 Å². The number of aromatic amines is 1. The molecule has 0 aromatic carbocycles. The van der Waals surface area contributed by atoms with Crippen LogP contribution in [-0.2, 0) is 0 Å². The van der Waals surface area contributed by atoms with Crippen LogP contribution in [0.5, 0.6) is 0 Å². The van der Waals surface area contributed by atoms with E-state index in [1.165, 1.54) is 19.4 Å². The number of nitrogen functional groups attached to an aromatic ring is 1. The Bertz CT molecular complexity index is 309. The lowest BCUT2D eigenvalue weighted by Crippen LogP contribution is -2.34. The first kappa shape index (κ1) is 10.2. The van der Waals surface area contributed by atoms with E-state index < -0.39 is 0 Å². The van der Waals surface area contributed by atoms with Crippen LogP contribution in [0.3, 0.4) is 0 Å². The molecule has 84 valence electrons. The number of likely N-dealkylation sites (N-methyl/N-ethyl adjacent to an activating group) is 1. The predicted octanol–water partition coefficient (Wildman–Crippen LogP) is 0.283. The minimum atomic E-state index is 0.358. The van der Waals surface area contributed by atoms with E-state index in [4.69, 9.17) is 5.73 Å². The molecule has 6 heteroatoms. The van der Waals surface area contributed by atoms with Crippen LogP contribution in [0.15, 0.2) is 0 Å². The summed E-state index contributed by atoms with van der Waals surface area (Å²) in [5, 5.41) is 9.74. The third-order valence-electron chi connectivity index (χ3n) is 2.90. The zero-order valence-electron chi connectivity index (χ0n) is 9.03. The first-order valence-electron chi connectivity index (χ1n) is 5.45. The van der Waals surface area contributed by atoms with Crippen molar-refractivity contribution in [2.24, 2.45) is 0 Å². The number of aromatic nitrogens is 3. The molecular weight excluding hydrogens is 192 g/mol. The molecule has 0 saturated carbocycles. The van der Waals surface area contributed by atoms with Crippen LogP contribution in [0.25, 0.3) is 0 Å². The lowest BCUT2D eigenvalue weighted by Gasteiger charge is -2.22. The van der Waals surface area contributed by atoms with Crippen molar-refractivity contribution in [3.8, 4) is 0 Å². The van der Waals surface area contributed by atoms with Crippen LogP contribution in [0, 0.1) is 0 Å². The Balaban J connectivity index is 1.82. The van der Waals surface area contributed by atoms with Crippen molar-refractivity contribution in [1.29, 1.82) is 0 Å². The fraction of sp³-hybridized carbons (Fsp3) is 0.778. The Kier molecular flexibility index (Phi) is 3.05. The summed E-state index contributed by atoms with van der Waals surface area (Å²) in [5.41, 5.74) is 5.44. The molecule has 1 aromatic rings. The van der Waals surface area contributed by atoms with E-state index in [-0.39, 0.29) is 0 Å². The van der Waals surface area contributed by atoms with Gasteiger partial charge in [0, 0.05) is 12.6 Å². The molecule has 1 aliphatic rings. The lowest BCUT2D eigenvalue weighted by molar-refractivity contribution is 0.277. The van der Waals surface area contributed by atoms with Gasteiger partial charge in [-0.2, -0.15) is 4.98 Å². The van der Waals surface area contributed by atoms with Gasteiger partial charge in [-0.25, -0.2) is 5.10 Å². The van der Waals surface area contributed by atoms with Crippen molar-refractivity contribution < 1.29 is 0 Å². The maximum absolute atomic E-state index is 5.44. The lowest BCUT2D eigenvalue weighted by atomic mass is 10.2. The van der Waals surface area contributed by atoms with Crippen molar-refractivity contribution >= 4 is 11.9 Å². The van der Waals surface area contributed by atoms with Crippen LogP contribution < -0.4 is 11.1 Å². The third-order valence-corrected chi connectivity index (χ3v) is 2.90. The number of hydrogen-bond acceptors (Lipinski definition) is 5. The molecule has 1 fully saturated rings. The standard InChI is InChI=1S/C9H18N6/c1-2-15-5-3-4-7(15)6-11-9-12-8(10)13-14-9/h7H,2-6H2,1H3,(H4,10,11,12,13,14). The quantitative estimate of drug-likeness (QED) is 0.665. The molecule has 1 aliphatic heterocycles. The van der Waals surface area contributed by atoms with Gasteiger partial charge in [-0.15, -0.1) is 5.10 Å². The summed E-state index contributed by atoms with van der Waals surface area (Å²) < 4.78 is 0. The molecule has 1 atom stereocenters. The molecule has 1 saturated heterocycles. The molecule has 2 rings (SSSR count). The average Bonchev–Trinajstić information content (AvgIpc) is 2.83. The van der Waals surface area contributed by atoms with Gasteiger partial charge in [0.15, 0.2) is 0 Å². The summed E-state index contributed by atoms with van der Waals surface area (Å²) in [6, 6.07) is 0.606. The van der Waals surface area contributed by atoms with Crippen molar-refractivity contribution in [2.45, 2.75) is 25.8 Å².